The van der Waals surface area contributed by atoms with Crippen molar-refractivity contribution in [2.24, 2.45) is 0 Å². The Bertz CT molecular complexity index is 727. The number of nitrogens with zero attached hydrogens (tertiary/aromatic N) is 4. The molecule has 9 heteroatoms. The van der Waals surface area contributed by atoms with Gasteiger partial charge >= 0.3 is 0 Å². The van der Waals surface area contributed by atoms with Crippen molar-refractivity contribution in [2.45, 2.75) is 35.4 Å². The van der Waals surface area contributed by atoms with Gasteiger partial charge < -0.3 is 4.98 Å². The number of hydrogen-bond donors (Lipinski definition) is 1. The summed E-state index contributed by atoms with van der Waals surface area (Å²) >= 11 is 2.87. The van der Waals surface area contributed by atoms with Crippen molar-refractivity contribution in [2.75, 3.05) is 0 Å². The maximum Gasteiger partial charge on any atom is 0.265 e. The normalized spacial score (nSPS) is 19.0. The minimum absolute atomic E-state index is 0.231. The molecule has 1 unspecified atom stereocenters. The fourth-order valence-corrected chi connectivity index (χ4v) is 4.41. The van der Waals surface area contributed by atoms with E-state index in [1.165, 1.54) is 18.1 Å². The first kappa shape index (κ1) is 14.3. The van der Waals surface area contributed by atoms with E-state index in [-0.39, 0.29) is 9.67 Å². The lowest BCUT2D eigenvalue weighted by molar-refractivity contribution is -0.493. The summed E-state index contributed by atoms with van der Waals surface area (Å²) < 4.78 is -0.296. The summed E-state index contributed by atoms with van der Waals surface area (Å²) in [5.41, 5.74) is 1.42. The molecule has 2 aromatic rings. The fourth-order valence-electron chi connectivity index (χ4n) is 2.08. The van der Waals surface area contributed by atoms with Crippen LogP contribution in [0.25, 0.3) is 11.2 Å². The molecule has 110 valence electrons. The number of nitrogens with one attached hydrogen (secondary N) is 1. The minimum atomic E-state index is -0.573. The zero-order chi connectivity index (χ0) is 15.0. The van der Waals surface area contributed by atoms with Gasteiger partial charge in [-0.1, -0.05) is 17.8 Å². The largest absolute Gasteiger partial charge is 0.329 e. The van der Waals surface area contributed by atoms with E-state index in [2.05, 4.69) is 19.9 Å². The summed E-state index contributed by atoms with van der Waals surface area (Å²) in [4.78, 5) is 27.3. The molecule has 2 aromatic heterocycles. The van der Waals surface area contributed by atoms with Crippen molar-refractivity contribution in [3.05, 3.63) is 33.8 Å². The monoisotopic (exact) mass is 323 g/mol. The average molecular weight is 323 g/mol. The van der Waals surface area contributed by atoms with Crippen molar-refractivity contribution in [1.82, 2.24) is 19.9 Å². The van der Waals surface area contributed by atoms with Gasteiger partial charge in [-0.05, 0) is 25.6 Å². The number of imidazole rings is 1. The Morgan fingerprint density at radius 1 is 1.48 bits per heavy atom. The Hall–Kier alpha value is -1.61. The van der Waals surface area contributed by atoms with Crippen LogP contribution in [0.15, 0.2) is 28.7 Å². The number of nitro groups is 1. The predicted octanol–water partition coefficient (Wildman–Crippen LogP) is 2.85. The molecule has 1 N–H and O–H groups in total. The van der Waals surface area contributed by atoms with Crippen LogP contribution in [-0.4, -0.2) is 35.0 Å². The SMILES string of the molecule is CC(C)(Sc1ncnc2[nH]cnc12)C1=CCC([N+](=O)[O-])S1. The minimum Gasteiger partial charge on any atom is -0.329 e. The lowest BCUT2D eigenvalue weighted by Gasteiger charge is -2.24. The number of fused-ring (bicyclic) bond motifs is 1. The van der Waals surface area contributed by atoms with Crippen LogP contribution < -0.4 is 0 Å². The van der Waals surface area contributed by atoms with Crippen LogP contribution in [0.4, 0.5) is 0 Å². The van der Waals surface area contributed by atoms with Gasteiger partial charge in [-0.15, -0.1) is 0 Å². The van der Waals surface area contributed by atoms with Gasteiger partial charge in [0.05, 0.1) is 6.33 Å². The molecule has 7 nitrogen and oxygen atoms in total. The van der Waals surface area contributed by atoms with Gasteiger partial charge in [-0.2, -0.15) is 0 Å². The molecule has 3 rings (SSSR count). The van der Waals surface area contributed by atoms with Crippen LogP contribution >= 0.6 is 23.5 Å². The molecule has 0 aliphatic carbocycles. The van der Waals surface area contributed by atoms with Crippen LogP contribution in [0, 0.1) is 10.1 Å². The molecule has 3 heterocycles. The van der Waals surface area contributed by atoms with Crippen LogP contribution in [0.2, 0.25) is 0 Å². The second-order valence-electron chi connectivity index (χ2n) is 5.05. The molecule has 0 saturated carbocycles. The third-order valence-corrected chi connectivity index (χ3v) is 6.05. The summed E-state index contributed by atoms with van der Waals surface area (Å²) in [5, 5.41) is 11.1. The van der Waals surface area contributed by atoms with Crippen molar-refractivity contribution in [3.8, 4) is 0 Å². The molecule has 21 heavy (non-hydrogen) atoms. The molecule has 0 radical (unpaired) electrons. The Morgan fingerprint density at radius 3 is 3.00 bits per heavy atom. The first-order valence-corrected chi connectivity index (χ1v) is 8.01. The highest BCUT2D eigenvalue weighted by atomic mass is 32.2. The first-order valence-electron chi connectivity index (χ1n) is 6.31. The van der Waals surface area contributed by atoms with E-state index in [1.54, 1.807) is 18.1 Å². The fraction of sp³-hybridized carbons (Fsp3) is 0.417. The number of rotatable bonds is 4. The van der Waals surface area contributed by atoms with Crippen LogP contribution in [0.3, 0.4) is 0 Å². The number of hydrogen-bond acceptors (Lipinski definition) is 7. The molecule has 0 amide bonds. The number of thioether (sulfide) groups is 2. The maximum atomic E-state index is 10.9. The maximum absolute atomic E-state index is 10.9. The van der Waals surface area contributed by atoms with E-state index >= 15 is 0 Å². The first-order chi connectivity index (χ1) is 9.97. The summed E-state index contributed by atoms with van der Waals surface area (Å²) in [7, 11) is 0. The number of aromatic amines is 1. The molecule has 1 aliphatic heterocycles. The number of aromatic nitrogens is 4. The van der Waals surface area contributed by atoms with Crippen molar-refractivity contribution in [1.29, 1.82) is 0 Å². The highest BCUT2D eigenvalue weighted by molar-refractivity contribution is 8.07. The van der Waals surface area contributed by atoms with Gasteiger partial charge in [-0.25, -0.2) is 15.0 Å². The van der Waals surface area contributed by atoms with E-state index in [1.807, 2.05) is 19.9 Å². The number of H-pyrrole nitrogens is 1. The van der Waals surface area contributed by atoms with E-state index in [0.29, 0.717) is 12.1 Å². The van der Waals surface area contributed by atoms with Crippen LogP contribution in [-0.2, 0) is 0 Å². The second-order valence-corrected chi connectivity index (χ2v) is 7.88. The average Bonchev–Trinajstić information content (AvgIpc) is 3.08. The van der Waals surface area contributed by atoms with Gasteiger partial charge in [0.15, 0.2) is 5.65 Å². The van der Waals surface area contributed by atoms with E-state index < -0.39 is 5.37 Å². The molecule has 1 atom stereocenters. The van der Waals surface area contributed by atoms with Gasteiger partial charge in [0.25, 0.3) is 5.37 Å². The van der Waals surface area contributed by atoms with Gasteiger partial charge in [-0.3, -0.25) is 10.1 Å². The quantitative estimate of drug-likeness (QED) is 0.400. The molecule has 0 saturated heterocycles. The summed E-state index contributed by atoms with van der Waals surface area (Å²) in [6.45, 7) is 4.08. The second kappa shape index (κ2) is 5.30. The zero-order valence-corrected chi connectivity index (χ0v) is 13.1. The standard InChI is InChI=1S/C12H13N5O2S2/c1-12(2,7-3-4-8(20-7)17(18)19)21-11-9-10(14-5-13-9)15-6-16-11/h3,5-6,8H,4H2,1-2H3,(H,13,14,15,16). The van der Waals surface area contributed by atoms with Crippen LogP contribution in [0.1, 0.15) is 20.3 Å². The Balaban J connectivity index is 1.83. The van der Waals surface area contributed by atoms with Crippen molar-refractivity contribution < 1.29 is 4.92 Å². The van der Waals surface area contributed by atoms with Gasteiger partial charge in [0.1, 0.15) is 16.9 Å². The van der Waals surface area contributed by atoms with Crippen molar-refractivity contribution in [3.63, 3.8) is 0 Å². The third kappa shape index (κ3) is 2.75. The Kier molecular flexibility index (Phi) is 3.62. The Morgan fingerprint density at radius 2 is 2.29 bits per heavy atom. The smallest absolute Gasteiger partial charge is 0.265 e. The summed E-state index contributed by atoms with van der Waals surface area (Å²) in [6.07, 6.45) is 5.50. The molecular weight excluding hydrogens is 310 g/mol. The molecule has 0 fully saturated rings. The van der Waals surface area contributed by atoms with Crippen LogP contribution in [0.5, 0.6) is 0 Å². The molecule has 0 bridgehead atoms. The summed E-state index contributed by atoms with van der Waals surface area (Å²) in [5.74, 6) is 0. The predicted molar refractivity (Wildman–Crippen MR) is 82.7 cm³/mol. The summed E-state index contributed by atoms with van der Waals surface area (Å²) in [6, 6.07) is 0. The molecule has 0 aromatic carbocycles. The van der Waals surface area contributed by atoms with Gasteiger partial charge in [0.2, 0.25) is 0 Å². The topological polar surface area (TPSA) is 97.6 Å². The highest BCUT2D eigenvalue weighted by Crippen LogP contribution is 2.48. The lowest BCUT2D eigenvalue weighted by atomic mass is 10.2. The van der Waals surface area contributed by atoms with E-state index in [9.17, 15) is 10.1 Å². The van der Waals surface area contributed by atoms with Crippen molar-refractivity contribution >= 4 is 34.7 Å². The zero-order valence-electron chi connectivity index (χ0n) is 11.4. The molecule has 0 spiro atoms. The highest BCUT2D eigenvalue weighted by Gasteiger charge is 2.36. The van der Waals surface area contributed by atoms with Gasteiger partial charge in [0, 0.05) is 21.0 Å². The van der Waals surface area contributed by atoms with E-state index in [0.717, 1.165) is 15.4 Å². The molecular formula is C12H13N5O2S2. The third-order valence-electron chi connectivity index (χ3n) is 3.13. The molecule has 1 aliphatic rings. The van der Waals surface area contributed by atoms with E-state index in [4.69, 9.17) is 0 Å². The Labute approximate surface area is 129 Å². The lowest BCUT2D eigenvalue weighted by Crippen LogP contribution is -2.18.